The van der Waals surface area contributed by atoms with Crippen LogP contribution in [0.3, 0.4) is 0 Å². The quantitative estimate of drug-likeness (QED) is 0.742. The van der Waals surface area contributed by atoms with E-state index in [4.69, 9.17) is 0 Å². The van der Waals surface area contributed by atoms with Crippen molar-refractivity contribution in [2.24, 2.45) is 5.92 Å². The van der Waals surface area contributed by atoms with E-state index in [1.165, 1.54) is 24.2 Å². The summed E-state index contributed by atoms with van der Waals surface area (Å²) in [6, 6.07) is 11.3. The van der Waals surface area contributed by atoms with E-state index in [-0.39, 0.29) is 0 Å². The van der Waals surface area contributed by atoms with Crippen molar-refractivity contribution in [2.45, 2.75) is 44.9 Å². The second-order valence-corrected chi connectivity index (χ2v) is 6.52. The molecule has 0 aliphatic carbocycles. The molecule has 0 saturated heterocycles. The molecule has 0 radical (unpaired) electrons. The van der Waals surface area contributed by atoms with Crippen LogP contribution in [0.25, 0.3) is 0 Å². The molecular weight excluding hydrogens is 238 g/mol. The zero-order valence-electron chi connectivity index (χ0n) is 12.1. The molecule has 0 bridgehead atoms. The first-order valence-electron chi connectivity index (χ1n) is 7.02. The smallest absolute Gasteiger partial charge is 0.0438 e. The van der Waals surface area contributed by atoms with Gasteiger partial charge < -0.3 is 5.32 Å². The van der Waals surface area contributed by atoms with E-state index in [0.29, 0.717) is 11.3 Å². The van der Waals surface area contributed by atoms with Crippen LogP contribution >= 0.6 is 11.8 Å². The molecule has 2 unspecified atom stereocenters. The van der Waals surface area contributed by atoms with Crippen LogP contribution in [-0.2, 0) is 0 Å². The van der Waals surface area contributed by atoms with Crippen molar-refractivity contribution in [1.29, 1.82) is 0 Å². The standard InChI is InChI=1S/C16H27NS/c1-5-15(18-12-11-13(2)3)16(17-4)14-9-7-6-8-10-14/h6-10,13,15-17H,5,11-12H2,1-4H3. The van der Waals surface area contributed by atoms with Gasteiger partial charge in [-0.3, -0.25) is 0 Å². The van der Waals surface area contributed by atoms with Crippen molar-refractivity contribution in [3.8, 4) is 0 Å². The third kappa shape index (κ3) is 5.03. The molecule has 0 spiro atoms. The zero-order chi connectivity index (χ0) is 13.4. The van der Waals surface area contributed by atoms with Gasteiger partial charge in [-0.25, -0.2) is 0 Å². The molecule has 0 aliphatic rings. The topological polar surface area (TPSA) is 12.0 Å². The van der Waals surface area contributed by atoms with Crippen molar-refractivity contribution < 1.29 is 0 Å². The maximum atomic E-state index is 3.49. The molecule has 18 heavy (non-hydrogen) atoms. The highest BCUT2D eigenvalue weighted by Crippen LogP contribution is 2.29. The average molecular weight is 265 g/mol. The lowest BCUT2D eigenvalue weighted by molar-refractivity contribution is 0.553. The molecular formula is C16H27NS. The Morgan fingerprint density at radius 2 is 1.83 bits per heavy atom. The molecule has 1 aromatic rings. The lowest BCUT2D eigenvalue weighted by Gasteiger charge is -2.26. The third-order valence-electron chi connectivity index (χ3n) is 3.27. The molecule has 0 saturated carbocycles. The molecule has 102 valence electrons. The summed E-state index contributed by atoms with van der Waals surface area (Å²) < 4.78 is 0. The summed E-state index contributed by atoms with van der Waals surface area (Å²) in [6.45, 7) is 6.89. The Morgan fingerprint density at radius 3 is 2.33 bits per heavy atom. The van der Waals surface area contributed by atoms with Crippen molar-refractivity contribution in [2.75, 3.05) is 12.8 Å². The fraction of sp³-hybridized carbons (Fsp3) is 0.625. The number of nitrogens with one attached hydrogen (secondary N) is 1. The van der Waals surface area contributed by atoms with Crippen molar-refractivity contribution in [1.82, 2.24) is 5.32 Å². The second kappa shape index (κ2) is 8.60. The van der Waals surface area contributed by atoms with Gasteiger partial charge in [0.25, 0.3) is 0 Å². The van der Waals surface area contributed by atoms with Crippen LogP contribution < -0.4 is 5.32 Å². The molecule has 2 heteroatoms. The molecule has 1 nitrogen and oxygen atoms in total. The first-order chi connectivity index (χ1) is 8.69. The summed E-state index contributed by atoms with van der Waals surface area (Å²) in [5.41, 5.74) is 1.41. The lowest BCUT2D eigenvalue weighted by atomic mass is 10.0. The van der Waals surface area contributed by atoms with E-state index in [0.717, 1.165) is 5.92 Å². The average Bonchev–Trinajstić information content (AvgIpc) is 2.38. The van der Waals surface area contributed by atoms with Gasteiger partial charge in [-0.05, 0) is 37.1 Å². The third-order valence-corrected chi connectivity index (χ3v) is 4.78. The van der Waals surface area contributed by atoms with Gasteiger partial charge in [0.1, 0.15) is 0 Å². The predicted octanol–water partition coefficient (Wildman–Crippen LogP) is 4.51. The normalized spacial score (nSPS) is 14.7. The first kappa shape index (κ1) is 15.6. The highest BCUT2D eigenvalue weighted by molar-refractivity contribution is 7.99. The SMILES string of the molecule is CCC(SCCC(C)C)C(NC)c1ccccc1. The van der Waals surface area contributed by atoms with Gasteiger partial charge in [-0.15, -0.1) is 0 Å². The van der Waals surface area contributed by atoms with Crippen LogP contribution in [-0.4, -0.2) is 18.1 Å². The van der Waals surface area contributed by atoms with Crippen LogP contribution in [0.4, 0.5) is 0 Å². The number of hydrogen-bond acceptors (Lipinski definition) is 2. The fourth-order valence-corrected chi connectivity index (χ4v) is 3.76. The molecule has 0 aliphatic heterocycles. The monoisotopic (exact) mass is 265 g/mol. The van der Waals surface area contributed by atoms with E-state index >= 15 is 0 Å². The minimum absolute atomic E-state index is 0.466. The Labute approximate surface area is 117 Å². The van der Waals surface area contributed by atoms with E-state index in [1.54, 1.807) is 0 Å². The van der Waals surface area contributed by atoms with Gasteiger partial charge in [-0.2, -0.15) is 11.8 Å². The molecule has 1 aromatic carbocycles. The summed E-state index contributed by atoms with van der Waals surface area (Å²) in [5, 5.41) is 4.15. The van der Waals surface area contributed by atoms with Crippen LogP contribution in [0, 0.1) is 5.92 Å². The number of thioether (sulfide) groups is 1. The van der Waals surface area contributed by atoms with Gasteiger partial charge >= 0.3 is 0 Å². The van der Waals surface area contributed by atoms with Crippen molar-refractivity contribution >= 4 is 11.8 Å². The molecule has 0 fully saturated rings. The second-order valence-electron chi connectivity index (χ2n) is 5.18. The predicted molar refractivity (Wildman–Crippen MR) is 84.2 cm³/mol. The highest BCUT2D eigenvalue weighted by Gasteiger charge is 2.20. The Hall–Kier alpha value is -0.470. The van der Waals surface area contributed by atoms with Crippen LogP contribution in [0.5, 0.6) is 0 Å². The van der Waals surface area contributed by atoms with Gasteiger partial charge in [0.05, 0.1) is 0 Å². The van der Waals surface area contributed by atoms with Gasteiger partial charge in [-0.1, -0.05) is 51.1 Å². The van der Waals surface area contributed by atoms with Crippen LogP contribution in [0.15, 0.2) is 30.3 Å². The summed E-state index contributed by atoms with van der Waals surface area (Å²) in [5.74, 6) is 2.07. The largest absolute Gasteiger partial charge is 0.312 e. The van der Waals surface area contributed by atoms with E-state index in [9.17, 15) is 0 Å². The van der Waals surface area contributed by atoms with Crippen molar-refractivity contribution in [3.63, 3.8) is 0 Å². The molecule has 0 amide bonds. The van der Waals surface area contributed by atoms with Gasteiger partial charge in [0.15, 0.2) is 0 Å². The first-order valence-corrected chi connectivity index (χ1v) is 8.07. The summed E-state index contributed by atoms with van der Waals surface area (Å²) >= 11 is 2.11. The minimum atomic E-state index is 0.466. The number of hydrogen-bond donors (Lipinski definition) is 1. The fourth-order valence-electron chi connectivity index (χ4n) is 2.13. The lowest BCUT2D eigenvalue weighted by Crippen LogP contribution is -2.27. The molecule has 2 atom stereocenters. The summed E-state index contributed by atoms with van der Waals surface area (Å²) in [7, 11) is 2.07. The van der Waals surface area contributed by atoms with Gasteiger partial charge in [0, 0.05) is 11.3 Å². The number of benzene rings is 1. The van der Waals surface area contributed by atoms with Gasteiger partial charge in [0.2, 0.25) is 0 Å². The minimum Gasteiger partial charge on any atom is -0.312 e. The molecule has 1 rings (SSSR count). The van der Waals surface area contributed by atoms with E-state index in [2.05, 4.69) is 75.2 Å². The maximum Gasteiger partial charge on any atom is 0.0438 e. The Morgan fingerprint density at radius 1 is 1.17 bits per heavy atom. The summed E-state index contributed by atoms with van der Waals surface area (Å²) in [6.07, 6.45) is 2.52. The molecule has 0 heterocycles. The maximum absolute atomic E-state index is 3.49. The highest BCUT2D eigenvalue weighted by atomic mass is 32.2. The number of rotatable bonds is 8. The van der Waals surface area contributed by atoms with E-state index in [1.807, 2.05) is 0 Å². The Balaban J connectivity index is 2.60. The van der Waals surface area contributed by atoms with Crippen molar-refractivity contribution in [3.05, 3.63) is 35.9 Å². The zero-order valence-corrected chi connectivity index (χ0v) is 13.0. The molecule has 0 aromatic heterocycles. The Kier molecular flexibility index (Phi) is 7.45. The van der Waals surface area contributed by atoms with E-state index < -0.39 is 0 Å². The van der Waals surface area contributed by atoms with Crippen LogP contribution in [0.1, 0.15) is 45.2 Å². The molecule has 1 N–H and O–H groups in total. The van der Waals surface area contributed by atoms with Crippen LogP contribution in [0.2, 0.25) is 0 Å². The Bertz CT molecular complexity index is 310. The summed E-state index contributed by atoms with van der Waals surface area (Å²) in [4.78, 5) is 0.